The first-order chi connectivity index (χ1) is 11.4. The van der Waals surface area contributed by atoms with Crippen LogP contribution in [-0.4, -0.2) is 38.2 Å². The Bertz CT molecular complexity index is 710. The number of ether oxygens (including phenoxy) is 1. The van der Waals surface area contributed by atoms with Gasteiger partial charge in [-0.3, -0.25) is 4.79 Å². The van der Waals surface area contributed by atoms with E-state index >= 15 is 0 Å². The summed E-state index contributed by atoms with van der Waals surface area (Å²) < 4.78 is 7.59. The highest BCUT2D eigenvalue weighted by Crippen LogP contribution is 2.26. The highest BCUT2D eigenvalue weighted by molar-refractivity contribution is 7.99. The molecule has 0 aliphatic rings. The Balaban J connectivity index is 1.83. The van der Waals surface area contributed by atoms with Gasteiger partial charge in [0.1, 0.15) is 11.6 Å². The Kier molecular flexibility index (Phi) is 6.51. The van der Waals surface area contributed by atoms with E-state index in [0.717, 1.165) is 45.9 Å². The van der Waals surface area contributed by atoms with Gasteiger partial charge in [0.15, 0.2) is 5.16 Å². The predicted molar refractivity (Wildman–Crippen MR) is 94.1 cm³/mol. The van der Waals surface area contributed by atoms with Gasteiger partial charge in [-0.15, -0.1) is 10.2 Å². The summed E-state index contributed by atoms with van der Waals surface area (Å²) in [6.45, 7) is 4.47. The molecule has 0 fully saturated rings. The number of halogens is 1. The minimum absolute atomic E-state index is 0.0235. The maximum absolute atomic E-state index is 10.6. The molecule has 8 heteroatoms. The molecule has 0 atom stereocenters. The van der Waals surface area contributed by atoms with Crippen molar-refractivity contribution in [3.05, 3.63) is 34.1 Å². The first-order valence-electron chi connectivity index (χ1n) is 7.51. The molecular formula is C16H20ClN3O3S. The van der Waals surface area contributed by atoms with Crippen molar-refractivity contribution in [3.8, 4) is 5.75 Å². The van der Waals surface area contributed by atoms with Gasteiger partial charge in [-0.2, -0.15) is 0 Å². The topological polar surface area (TPSA) is 77.2 Å². The maximum Gasteiger partial charge on any atom is 0.313 e. The standard InChI is InChI=1S/C16H20ClN3O3S/c1-10-7-12(8-11(2)15(10)17)23-6-4-5-13-18-19-16(20(13)3)24-9-14(21)22/h7-8H,4-6,9H2,1-3H3,(H,21,22). The van der Waals surface area contributed by atoms with E-state index in [2.05, 4.69) is 10.2 Å². The van der Waals surface area contributed by atoms with Crippen molar-refractivity contribution < 1.29 is 14.6 Å². The molecule has 0 unspecified atom stereocenters. The first-order valence-corrected chi connectivity index (χ1v) is 8.87. The number of aliphatic carboxylic acids is 1. The lowest BCUT2D eigenvalue weighted by molar-refractivity contribution is -0.133. The largest absolute Gasteiger partial charge is 0.494 e. The van der Waals surface area contributed by atoms with E-state index in [1.165, 1.54) is 0 Å². The predicted octanol–water partition coefficient (Wildman–Crippen LogP) is 3.27. The molecule has 0 radical (unpaired) electrons. The number of benzene rings is 1. The number of carboxylic acids is 1. The van der Waals surface area contributed by atoms with Gasteiger partial charge in [0, 0.05) is 18.5 Å². The summed E-state index contributed by atoms with van der Waals surface area (Å²) in [5, 5.41) is 18.2. The molecule has 2 aromatic rings. The number of nitrogens with zero attached hydrogens (tertiary/aromatic N) is 3. The summed E-state index contributed by atoms with van der Waals surface area (Å²) in [5.41, 5.74) is 2.00. The van der Waals surface area contributed by atoms with Gasteiger partial charge < -0.3 is 14.4 Å². The molecule has 0 saturated carbocycles. The van der Waals surface area contributed by atoms with E-state index in [4.69, 9.17) is 21.4 Å². The Morgan fingerprint density at radius 1 is 1.33 bits per heavy atom. The van der Waals surface area contributed by atoms with E-state index in [1.807, 2.05) is 37.6 Å². The number of thioether (sulfide) groups is 1. The smallest absolute Gasteiger partial charge is 0.313 e. The van der Waals surface area contributed by atoms with Gasteiger partial charge in [0.05, 0.1) is 12.4 Å². The van der Waals surface area contributed by atoms with Crippen molar-refractivity contribution in [1.29, 1.82) is 0 Å². The zero-order chi connectivity index (χ0) is 17.7. The van der Waals surface area contributed by atoms with Crippen LogP contribution in [0, 0.1) is 13.8 Å². The molecule has 1 aromatic heterocycles. The van der Waals surface area contributed by atoms with Crippen LogP contribution in [0.1, 0.15) is 23.4 Å². The summed E-state index contributed by atoms with van der Waals surface area (Å²) in [6.07, 6.45) is 1.50. The van der Waals surface area contributed by atoms with Crippen molar-refractivity contribution in [2.75, 3.05) is 12.4 Å². The van der Waals surface area contributed by atoms with Crippen LogP contribution in [0.3, 0.4) is 0 Å². The summed E-state index contributed by atoms with van der Waals surface area (Å²) in [6, 6.07) is 3.86. The van der Waals surface area contributed by atoms with Gasteiger partial charge >= 0.3 is 5.97 Å². The van der Waals surface area contributed by atoms with Crippen molar-refractivity contribution in [1.82, 2.24) is 14.8 Å². The molecule has 6 nitrogen and oxygen atoms in total. The van der Waals surface area contributed by atoms with Gasteiger partial charge in [0.2, 0.25) is 0 Å². The Morgan fingerprint density at radius 3 is 2.62 bits per heavy atom. The van der Waals surface area contributed by atoms with Crippen molar-refractivity contribution >= 4 is 29.3 Å². The minimum Gasteiger partial charge on any atom is -0.494 e. The number of hydrogen-bond acceptors (Lipinski definition) is 5. The molecule has 1 heterocycles. The number of aromatic nitrogens is 3. The highest BCUT2D eigenvalue weighted by atomic mass is 35.5. The number of carbonyl (C=O) groups is 1. The SMILES string of the molecule is Cc1cc(OCCCc2nnc(SCC(=O)O)n2C)cc(C)c1Cl. The third-order valence-electron chi connectivity index (χ3n) is 3.47. The van der Waals surface area contributed by atoms with Crippen molar-refractivity contribution in [2.24, 2.45) is 7.05 Å². The van der Waals surface area contributed by atoms with Crippen LogP contribution in [0.15, 0.2) is 17.3 Å². The Labute approximate surface area is 150 Å². The molecule has 0 spiro atoms. The van der Waals surface area contributed by atoms with Crippen LogP contribution in [0.5, 0.6) is 5.75 Å². The molecule has 0 bridgehead atoms. The van der Waals surface area contributed by atoms with Crippen molar-refractivity contribution in [2.45, 2.75) is 31.8 Å². The molecule has 1 N–H and O–H groups in total. The Hall–Kier alpha value is -1.73. The third-order valence-corrected chi connectivity index (χ3v) is 5.07. The zero-order valence-electron chi connectivity index (χ0n) is 13.9. The fraction of sp³-hybridized carbons (Fsp3) is 0.438. The van der Waals surface area contributed by atoms with Crippen LogP contribution in [-0.2, 0) is 18.3 Å². The summed E-state index contributed by atoms with van der Waals surface area (Å²) in [4.78, 5) is 10.6. The number of rotatable bonds is 8. The number of hydrogen-bond donors (Lipinski definition) is 1. The van der Waals surface area contributed by atoms with Crippen LogP contribution < -0.4 is 4.74 Å². The average molecular weight is 370 g/mol. The maximum atomic E-state index is 10.6. The van der Waals surface area contributed by atoms with Crippen molar-refractivity contribution in [3.63, 3.8) is 0 Å². The molecular weight excluding hydrogens is 350 g/mol. The quantitative estimate of drug-likeness (QED) is 0.568. The summed E-state index contributed by atoms with van der Waals surface area (Å²) in [5.74, 6) is 0.733. The second-order valence-corrected chi connectivity index (χ2v) is 6.78. The fourth-order valence-electron chi connectivity index (χ4n) is 2.22. The second-order valence-electron chi connectivity index (χ2n) is 5.46. The van der Waals surface area contributed by atoms with E-state index < -0.39 is 5.97 Å². The van der Waals surface area contributed by atoms with Crippen LogP contribution in [0.4, 0.5) is 0 Å². The van der Waals surface area contributed by atoms with Gasteiger partial charge in [-0.05, 0) is 43.5 Å². The second kappa shape index (κ2) is 8.39. The summed E-state index contributed by atoms with van der Waals surface area (Å²) >= 11 is 7.31. The Morgan fingerprint density at radius 2 is 2.00 bits per heavy atom. The molecule has 0 saturated heterocycles. The van der Waals surface area contributed by atoms with E-state index in [1.54, 1.807) is 0 Å². The van der Waals surface area contributed by atoms with Gasteiger partial charge in [-0.1, -0.05) is 23.4 Å². The minimum atomic E-state index is -0.869. The average Bonchev–Trinajstić information content (AvgIpc) is 2.87. The molecule has 130 valence electrons. The molecule has 24 heavy (non-hydrogen) atoms. The molecule has 0 aliphatic carbocycles. The van der Waals surface area contributed by atoms with E-state index in [0.29, 0.717) is 18.2 Å². The molecule has 2 rings (SSSR count). The number of aryl methyl sites for hydroxylation is 3. The molecule has 0 amide bonds. The van der Waals surface area contributed by atoms with Gasteiger partial charge in [-0.25, -0.2) is 0 Å². The van der Waals surface area contributed by atoms with E-state index in [-0.39, 0.29) is 5.75 Å². The zero-order valence-corrected chi connectivity index (χ0v) is 15.4. The summed E-state index contributed by atoms with van der Waals surface area (Å²) in [7, 11) is 1.84. The van der Waals surface area contributed by atoms with E-state index in [9.17, 15) is 4.79 Å². The van der Waals surface area contributed by atoms with Crippen LogP contribution >= 0.6 is 23.4 Å². The first kappa shape index (κ1) is 18.6. The van der Waals surface area contributed by atoms with Crippen LogP contribution in [0.25, 0.3) is 0 Å². The lowest BCUT2D eigenvalue weighted by atomic mass is 10.1. The lowest BCUT2D eigenvalue weighted by Crippen LogP contribution is -2.05. The highest BCUT2D eigenvalue weighted by Gasteiger charge is 2.11. The van der Waals surface area contributed by atoms with Gasteiger partial charge in [0.25, 0.3) is 0 Å². The normalized spacial score (nSPS) is 10.8. The monoisotopic (exact) mass is 369 g/mol. The number of carboxylic acid groups (broad SMARTS) is 1. The molecule has 0 aliphatic heterocycles. The third kappa shape index (κ3) is 4.88. The fourth-order valence-corrected chi connectivity index (χ4v) is 2.98. The molecule has 1 aromatic carbocycles. The lowest BCUT2D eigenvalue weighted by Gasteiger charge is -2.10. The van der Waals surface area contributed by atoms with Crippen LogP contribution in [0.2, 0.25) is 5.02 Å².